The molecule has 1 aromatic carbocycles. The third kappa shape index (κ3) is 8.35. The van der Waals surface area contributed by atoms with Gasteiger partial charge in [-0.2, -0.15) is 5.10 Å². The van der Waals surface area contributed by atoms with Gasteiger partial charge < -0.3 is 15.4 Å². The number of aromatic amines is 1. The van der Waals surface area contributed by atoms with Gasteiger partial charge in [-0.25, -0.2) is 4.99 Å². The highest BCUT2D eigenvalue weighted by Crippen LogP contribution is 2.15. The van der Waals surface area contributed by atoms with Gasteiger partial charge in [0.15, 0.2) is 5.96 Å². The number of rotatable bonds is 9. The van der Waals surface area contributed by atoms with Crippen molar-refractivity contribution in [2.75, 3.05) is 19.7 Å². The van der Waals surface area contributed by atoms with Gasteiger partial charge in [0.05, 0.1) is 18.3 Å². The first-order chi connectivity index (χ1) is 11.8. The predicted molar refractivity (Wildman–Crippen MR) is 112 cm³/mol. The van der Waals surface area contributed by atoms with E-state index in [4.69, 9.17) is 4.74 Å². The Morgan fingerprint density at radius 3 is 2.72 bits per heavy atom. The molecule has 138 valence electrons. The number of hydrogen-bond donors (Lipinski definition) is 3. The molecule has 0 fully saturated rings. The Morgan fingerprint density at radius 2 is 2.04 bits per heavy atom. The monoisotopic (exact) mass is 457 g/mol. The van der Waals surface area contributed by atoms with E-state index in [2.05, 4.69) is 51.8 Å². The Morgan fingerprint density at radius 1 is 1.24 bits per heavy atom. The number of halogens is 1. The molecule has 0 saturated carbocycles. The Balaban J connectivity index is 0.00000312. The van der Waals surface area contributed by atoms with Crippen LogP contribution < -0.4 is 10.6 Å². The van der Waals surface area contributed by atoms with Gasteiger partial charge >= 0.3 is 0 Å². The molecule has 6 nitrogen and oxygen atoms in total. The minimum Gasteiger partial charge on any atom is -0.374 e. The van der Waals surface area contributed by atoms with Crippen molar-refractivity contribution in [3.05, 3.63) is 53.9 Å². The lowest BCUT2D eigenvalue weighted by Crippen LogP contribution is -2.38. The Hall–Kier alpha value is -1.61. The molecule has 0 aliphatic carbocycles. The standard InChI is InChI=1S/C18H27N5O.HI/c1-3-19-18(21-14-17-10-12-22-23-17)20-11-7-13-24-15(2)16-8-5-4-6-9-16;/h4-6,8-10,12,15H,3,7,11,13-14H2,1-2H3,(H,22,23)(H2,19,20,21);1H. The molecular weight excluding hydrogens is 429 g/mol. The minimum absolute atomic E-state index is 0. The van der Waals surface area contributed by atoms with E-state index < -0.39 is 0 Å². The van der Waals surface area contributed by atoms with Gasteiger partial charge in [-0.1, -0.05) is 30.3 Å². The van der Waals surface area contributed by atoms with Crippen molar-refractivity contribution >= 4 is 29.9 Å². The molecule has 0 spiro atoms. The van der Waals surface area contributed by atoms with E-state index in [1.807, 2.05) is 24.3 Å². The molecular formula is C18H28IN5O. The molecule has 0 aliphatic heterocycles. The number of hydrogen-bond acceptors (Lipinski definition) is 3. The van der Waals surface area contributed by atoms with Crippen LogP contribution in [0.3, 0.4) is 0 Å². The van der Waals surface area contributed by atoms with Crippen molar-refractivity contribution < 1.29 is 4.74 Å². The molecule has 0 radical (unpaired) electrons. The minimum atomic E-state index is 0. The molecule has 0 bridgehead atoms. The number of ether oxygens (including phenoxy) is 1. The van der Waals surface area contributed by atoms with Crippen LogP contribution in [0.1, 0.15) is 37.6 Å². The lowest BCUT2D eigenvalue weighted by atomic mass is 10.1. The van der Waals surface area contributed by atoms with Crippen LogP contribution in [0.4, 0.5) is 0 Å². The number of nitrogens with one attached hydrogen (secondary N) is 3. The van der Waals surface area contributed by atoms with E-state index in [9.17, 15) is 0 Å². The maximum absolute atomic E-state index is 5.88. The highest BCUT2D eigenvalue weighted by atomic mass is 127. The zero-order valence-corrected chi connectivity index (χ0v) is 17.2. The van der Waals surface area contributed by atoms with E-state index in [0.29, 0.717) is 13.2 Å². The van der Waals surface area contributed by atoms with E-state index in [1.165, 1.54) is 5.56 Å². The predicted octanol–water partition coefficient (Wildman–Crippen LogP) is 3.25. The van der Waals surface area contributed by atoms with Gasteiger partial charge in [0.25, 0.3) is 0 Å². The Bertz CT molecular complexity index is 589. The van der Waals surface area contributed by atoms with Crippen molar-refractivity contribution in [3.63, 3.8) is 0 Å². The quantitative estimate of drug-likeness (QED) is 0.234. The van der Waals surface area contributed by atoms with Crippen LogP contribution in [0.15, 0.2) is 47.6 Å². The summed E-state index contributed by atoms with van der Waals surface area (Å²) < 4.78 is 5.88. The topological polar surface area (TPSA) is 74.3 Å². The number of benzene rings is 1. The molecule has 1 heterocycles. The third-order valence-corrected chi connectivity index (χ3v) is 3.56. The van der Waals surface area contributed by atoms with Gasteiger partial charge in [0.2, 0.25) is 0 Å². The molecule has 2 aromatic rings. The third-order valence-electron chi connectivity index (χ3n) is 3.56. The summed E-state index contributed by atoms with van der Waals surface area (Å²) in [5, 5.41) is 13.4. The van der Waals surface area contributed by atoms with Crippen molar-refractivity contribution in [1.29, 1.82) is 0 Å². The summed E-state index contributed by atoms with van der Waals surface area (Å²) in [5.74, 6) is 0.809. The smallest absolute Gasteiger partial charge is 0.191 e. The summed E-state index contributed by atoms with van der Waals surface area (Å²) in [5.41, 5.74) is 2.20. The molecule has 7 heteroatoms. The van der Waals surface area contributed by atoms with Crippen LogP contribution in [-0.4, -0.2) is 35.9 Å². The van der Waals surface area contributed by atoms with Crippen LogP contribution in [0.25, 0.3) is 0 Å². The molecule has 25 heavy (non-hydrogen) atoms. The second-order valence-electron chi connectivity index (χ2n) is 5.48. The van der Waals surface area contributed by atoms with Crippen molar-refractivity contribution in [3.8, 4) is 0 Å². The van der Waals surface area contributed by atoms with Crippen molar-refractivity contribution in [2.45, 2.75) is 32.9 Å². The summed E-state index contributed by atoms with van der Waals surface area (Å²) in [6.45, 7) is 7.07. The van der Waals surface area contributed by atoms with Gasteiger partial charge in [-0.05, 0) is 31.9 Å². The van der Waals surface area contributed by atoms with Gasteiger partial charge in [0.1, 0.15) is 0 Å². The maximum Gasteiger partial charge on any atom is 0.191 e. The molecule has 1 atom stereocenters. The summed E-state index contributed by atoms with van der Waals surface area (Å²) >= 11 is 0. The Labute approximate surface area is 166 Å². The molecule has 2 rings (SSSR count). The first-order valence-corrected chi connectivity index (χ1v) is 8.46. The zero-order valence-electron chi connectivity index (χ0n) is 14.9. The molecule has 0 aliphatic rings. The van der Waals surface area contributed by atoms with E-state index >= 15 is 0 Å². The summed E-state index contributed by atoms with van der Waals surface area (Å²) in [6, 6.07) is 12.2. The summed E-state index contributed by atoms with van der Waals surface area (Å²) in [7, 11) is 0. The molecule has 3 N–H and O–H groups in total. The zero-order chi connectivity index (χ0) is 17.0. The summed E-state index contributed by atoms with van der Waals surface area (Å²) in [4.78, 5) is 4.52. The van der Waals surface area contributed by atoms with Crippen molar-refractivity contribution in [1.82, 2.24) is 20.8 Å². The first-order valence-electron chi connectivity index (χ1n) is 8.46. The molecule has 1 aromatic heterocycles. The molecule has 0 saturated heterocycles. The van der Waals surface area contributed by atoms with Crippen molar-refractivity contribution in [2.24, 2.45) is 4.99 Å². The summed E-state index contributed by atoms with van der Waals surface area (Å²) in [6.07, 6.45) is 2.77. The van der Waals surface area contributed by atoms with Gasteiger partial charge in [-0.15, -0.1) is 24.0 Å². The fourth-order valence-corrected chi connectivity index (χ4v) is 2.24. The second-order valence-corrected chi connectivity index (χ2v) is 5.48. The van der Waals surface area contributed by atoms with Crippen LogP contribution in [-0.2, 0) is 11.3 Å². The average molecular weight is 457 g/mol. The number of aromatic nitrogens is 2. The molecule has 0 amide bonds. The highest BCUT2D eigenvalue weighted by molar-refractivity contribution is 14.0. The first kappa shape index (κ1) is 21.4. The SMILES string of the molecule is CCNC(=NCc1ccn[nH]1)NCCCOC(C)c1ccccc1.I. The fraction of sp³-hybridized carbons (Fsp3) is 0.444. The normalized spacial score (nSPS) is 12.3. The van der Waals surface area contributed by atoms with E-state index in [1.54, 1.807) is 6.20 Å². The maximum atomic E-state index is 5.88. The largest absolute Gasteiger partial charge is 0.374 e. The average Bonchev–Trinajstić information content (AvgIpc) is 3.13. The number of guanidine groups is 1. The van der Waals surface area contributed by atoms with Gasteiger partial charge in [0, 0.05) is 25.9 Å². The lowest BCUT2D eigenvalue weighted by molar-refractivity contribution is 0.0646. The van der Waals surface area contributed by atoms with Crippen LogP contribution in [0.5, 0.6) is 0 Å². The van der Waals surface area contributed by atoms with E-state index in [0.717, 1.165) is 31.2 Å². The van der Waals surface area contributed by atoms with Crippen LogP contribution in [0, 0.1) is 0 Å². The van der Waals surface area contributed by atoms with Crippen LogP contribution >= 0.6 is 24.0 Å². The lowest BCUT2D eigenvalue weighted by Gasteiger charge is -2.14. The Kier molecular flexibility index (Phi) is 10.9. The molecule has 1 unspecified atom stereocenters. The fourth-order valence-electron chi connectivity index (χ4n) is 2.24. The van der Waals surface area contributed by atoms with E-state index in [-0.39, 0.29) is 30.1 Å². The van der Waals surface area contributed by atoms with Crippen LogP contribution in [0.2, 0.25) is 0 Å². The number of nitrogens with zero attached hydrogens (tertiary/aromatic N) is 2. The highest BCUT2D eigenvalue weighted by Gasteiger charge is 2.04. The number of H-pyrrole nitrogens is 1. The van der Waals surface area contributed by atoms with Gasteiger partial charge in [-0.3, -0.25) is 5.10 Å². The number of aliphatic imine (C=N–C) groups is 1. The second kappa shape index (κ2) is 12.7.